The number of ether oxygens (including phenoxy) is 2. The smallest absolute Gasteiger partial charge is 0.133 e. The number of halogens is 1. The van der Waals surface area contributed by atoms with E-state index >= 15 is 0 Å². The van der Waals surface area contributed by atoms with Crippen LogP contribution in [0.2, 0.25) is 0 Å². The zero-order chi connectivity index (χ0) is 13.2. The van der Waals surface area contributed by atoms with Gasteiger partial charge in [-0.25, -0.2) is 0 Å². The van der Waals surface area contributed by atoms with Crippen molar-refractivity contribution in [1.29, 1.82) is 0 Å². The highest BCUT2D eigenvalue weighted by Gasteiger charge is 2.28. The second-order valence-electron chi connectivity index (χ2n) is 5.29. The Balaban J connectivity index is 2.03. The van der Waals surface area contributed by atoms with E-state index in [1.54, 1.807) is 7.11 Å². The minimum atomic E-state index is -0.0282. The third-order valence-corrected chi connectivity index (χ3v) is 3.84. The summed E-state index contributed by atoms with van der Waals surface area (Å²) in [6.45, 7) is 5.11. The summed E-state index contributed by atoms with van der Waals surface area (Å²) < 4.78 is 11.9. The number of methoxy groups -OCH3 is 1. The van der Waals surface area contributed by atoms with Gasteiger partial charge < -0.3 is 14.8 Å². The number of rotatable bonds is 3. The Kier molecular flexibility index (Phi) is 4.17. The lowest BCUT2D eigenvalue weighted by atomic mass is 9.94. The molecule has 1 N–H and O–H groups in total. The highest BCUT2D eigenvalue weighted by molar-refractivity contribution is 9.10. The second kappa shape index (κ2) is 5.49. The first kappa shape index (κ1) is 13.7. The van der Waals surface area contributed by atoms with E-state index in [9.17, 15) is 0 Å². The number of benzene rings is 1. The Morgan fingerprint density at radius 3 is 2.83 bits per heavy atom. The molecule has 0 radical (unpaired) electrons. The molecule has 0 spiro atoms. The number of hydrogen-bond acceptors (Lipinski definition) is 3. The standard InChI is InChI=1S/C14H20BrNO2/c1-14(2)9-11(6-7-18-14)16-10-4-5-13(17-3)12(15)8-10/h4-5,8,11,16H,6-7,9H2,1-3H3. The molecule has 0 aliphatic carbocycles. The molecule has 1 atom stereocenters. The van der Waals surface area contributed by atoms with E-state index in [2.05, 4.69) is 41.2 Å². The zero-order valence-corrected chi connectivity index (χ0v) is 12.7. The van der Waals surface area contributed by atoms with E-state index in [1.165, 1.54) is 0 Å². The molecule has 1 unspecified atom stereocenters. The largest absolute Gasteiger partial charge is 0.496 e. The van der Waals surface area contributed by atoms with Crippen LogP contribution in [0.4, 0.5) is 5.69 Å². The molecule has 1 aliphatic rings. The first-order chi connectivity index (χ1) is 8.50. The third kappa shape index (κ3) is 3.39. The molecular weight excluding hydrogens is 294 g/mol. The maximum absolute atomic E-state index is 5.72. The van der Waals surface area contributed by atoms with Crippen LogP contribution in [-0.2, 0) is 4.74 Å². The molecule has 1 aliphatic heterocycles. The van der Waals surface area contributed by atoms with Gasteiger partial charge in [0.25, 0.3) is 0 Å². The van der Waals surface area contributed by atoms with Gasteiger partial charge in [-0.05, 0) is 60.8 Å². The van der Waals surface area contributed by atoms with Gasteiger partial charge in [-0.2, -0.15) is 0 Å². The van der Waals surface area contributed by atoms with Crippen LogP contribution in [0.15, 0.2) is 22.7 Å². The van der Waals surface area contributed by atoms with Crippen molar-refractivity contribution in [2.45, 2.75) is 38.3 Å². The molecule has 0 saturated carbocycles. The molecule has 1 saturated heterocycles. The molecule has 1 aromatic rings. The van der Waals surface area contributed by atoms with E-state index in [-0.39, 0.29) is 5.60 Å². The van der Waals surface area contributed by atoms with Crippen LogP contribution in [0.1, 0.15) is 26.7 Å². The van der Waals surface area contributed by atoms with Crippen LogP contribution >= 0.6 is 15.9 Å². The maximum atomic E-state index is 5.72. The SMILES string of the molecule is COc1ccc(NC2CCOC(C)(C)C2)cc1Br. The molecule has 1 heterocycles. The van der Waals surface area contributed by atoms with E-state index < -0.39 is 0 Å². The van der Waals surface area contributed by atoms with Crippen LogP contribution in [0.25, 0.3) is 0 Å². The molecule has 0 aromatic heterocycles. The van der Waals surface area contributed by atoms with Gasteiger partial charge in [-0.15, -0.1) is 0 Å². The van der Waals surface area contributed by atoms with Crippen LogP contribution < -0.4 is 10.1 Å². The lowest BCUT2D eigenvalue weighted by Gasteiger charge is -2.36. The summed E-state index contributed by atoms with van der Waals surface area (Å²) >= 11 is 3.50. The van der Waals surface area contributed by atoms with Gasteiger partial charge in [-0.3, -0.25) is 0 Å². The summed E-state index contributed by atoms with van der Waals surface area (Å²) in [6, 6.07) is 6.54. The molecule has 3 nitrogen and oxygen atoms in total. The Morgan fingerprint density at radius 1 is 1.44 bits per heavy atom. The highest BCUT2D eigenvalue weighted by atomic mass is 79.9. The monoisotopic (exact) mass is 313 g/mol. The lowest BCUT2D eigenvalue weighted by molar-refractivity contribution is -0.0553. The summed E-state index contributed by atoms with van der Waals surface area (Å²) in [7, 11) is 1.67. The van der Waals surface area contributed by atoms with Gasteiger partial charge in [0.2, 0.25) is 0 Å². The molecule has 0 bridgehead atoms. The van der Waals surface area contributed by atoms with Crippen molar-refractivity contribution >= 4 is 21.6 Å². The van der Waals surface area contributed by atoms with Gasteiger partial charge >= 0.3 is 0 Å². The zero-order valence-electron chi connectivity index (χ0n) is 11.1. The molecule has 18 heavy (non-hydrogen) atoms. The highest BCUT2D eigenvalue weighted by Crippen LogP contribution is 2.30. The number of hydrogen-bond donors (Lipinski definition) is 1. The summed E-state index contributed by atoms with van der Waals surface area (Å²) in [5.74, 6) is 0.854. The third-order valence-electron chi connectivity index (χ3n) is 3.22. The Bertz CT molecular complexity index is 420. The summed E-state index contributed by atoms with van der Waals surface area (Å²) in [4.78, 5) is 0. The summed E-state index contributed by atoms with van der Waals surface area (Å²) in [5.41, 5.74) is 1.09. The summed E-state index contributed by atoms with van der Waals surface area (Å²) in [5, 5.41) is 3.56. The average Bonchev–Trinajstić information content (AvgIpc) is 2.28. The fraction of sp³-hybridized carbons (Fsp3) is 0.571. The van der Waals surface area contributed by atoms with Crippen LogP contribution in [0.3, 0.4) is 0 Å². The molecular formula is C14H20BrNO2. The van der Waals surface area contributed by atoms with Gasteiger partial charge in [-0.1, -0.05) is 0 Å². The van der Waals surface area contributed by atoms with Gasteiger partial charge in [0, 0.05) is 18.3 Å². The van der Waals surface area contributed by atoms with Crippen molar-refractivity contribution in [2.75, 3.05) is 19.0 Å². The number of anilines is 1. The molecule has 4 heteroatoms. The van der Waals surface area contributed by atoms with Crippen LogP contribution in [-0.4, -0.2) is 25.4 Å². The lowest BCUT2D eigenvalue weighted by Crippen LogP contribution is -2.40. The van der Waals surface area contributed by atoms with E-state index in [4.69, 9.17) is 9.47 Å². The maximum Gasteiger partial charge on any atom is 0.133 e. The van der Waals surface area contributed by atoms with Crippen molar-refractivity contribution in [3.63, 3.8) is 0 Å². The van der Waals surface area contributed by atoms with Crippen molar-refractivity contribution in [3.8, 4) is 5.75 Å². The summed E-state index contributed by atoms with van der Waals surface area (Å²) in [6.07, 6.45) is 2.07. The fourth-order valence-corrected chi connectivity index (χ4v) is 2.89. The first-order valence-electron chi connectivity index (χ1n) is 6.24. The van der Waals surface area contributed by atoms with E-state index in [0.29, 0.717) is 6.04 Å². The minimum absolute atomic E-state index is 0.0282. The Morgan fingerprint density at radius 2 is 2.22 bits per heavy atom. The number of nitrogens with one attached hydrogen (secondary N) is 1. The van der Waals surface area contributed by atoms with Crippen LogP contribution in [0, 0.1) is 0 Å². The second-order valence-corrected chi connectivity index (χ2v) is 6.15. The van der Waals surface area contributed by atoms with Crippen molar-refractivity contribution in [3.05, 3.63) is 22.7 Å². The molecule has 1 aromatic carbocycles. The molecule has 1 fully saturated rings. The average molecular weight is 314 g/mol. The predicted octanol–water partition coefficient (Wildman–Crippen LogP) is 3.83. The van der Waals surface area contributed by atoms with Gasteiger partial charge in [0.1, 0.15) is 5.75 Å². The Hall–Kier alpha value is -0.740. The minimum Gasteiger partial charge on any atom is -0.496 e. The van der Waals surface area contributed by atoms with Gasteiger partial charge in [0.05, 0.1) is 17.2 Å². The van der Waals surface area contributed by atoms with Crippen molar-refractivity contribution in [2.24, 2.45) is 0 Å². The van der Waals surface area contributed by atoms with E-state index in [1.807, 2.05) is 12.1 Å². The van der Waals surface area contributed by atoms with E-state index in [0.717, 1.165) is 35.4 Å². The first-order valence-corrected chi connectivity index (χ1v) is 7.03. The fourth-order valence-electron chi connectivity index (χ4n) is 2.35. The van der Waals surface area contributed by atoms with Gasteiger partial charge in [0.15, 0.2) is 0 Å². The Labute approximate surface area is 117 Å². The normalized spacial score (nSPS) is 22.6. The molecule has 100 valence electrons. The molecule has 0 amide bonds. The van der Waals surface area contributed by atoms with Crippen LogP contribution in [0.5, 0.6) is 5.75 Å². The quantitative estimate of drug-likeness (QED) is 0.920. The van der Waals surface area contributed by atoms with Crippen molar-refractivity contribution in [1.82, 2.24) is 0 Å². The predicted molar refractivity (Wildman–Crippen MR) is 77.4 cm³/mol. The van der Waals surface area contributed by atoms with Crippen molar-refractivity contribution < 1.29 is 9.47 Å². The molecule has 2 rings (SSSR count). The topological polar surface area (TPSA) is 30.5 Å².